The third-order valence-corrected chi connectivity index (χ3v) is 5.88. The van der Waals surface area contributed by atoms with Gasteiger partial charge < -0.3 is 19.4 Å². The molecule has 154 valence electrons. The van der Waals surface area contributed by atoms with E-state index in [9.17, 15) is 22.8 Å². The molecular weight excluding hydrogens is 379 g/mol. The number of hydrogen-bond donors (Lipinski definition) is 1. The van der Waals surface area contributed by atoms with Gasteiger partial charge in [-0.05, 0) is 37.5 Å². The molecule has 0 unspecified atom stereocenters. The molecule has 4 rings (SSSR count). The number of piperidine rings is 1. The van der Waals surface area contributed by atoms with Gasteiger partial charge in [-0.25, -0.2) is 4.98 Å². The Morgan fingerprint density at radius 3 is 2.79 bits per heavy atom. The number of oxazole rings is 1. The van der Waals surface area contributed by atoms with Crippen LogP contribution in [-0.4, -0.2) is 53.5 Å². The molecule has 10 heteroatoms. The van der Waals surface area contributed by atoms with E-state index in [1.54, 1.807) is 0 Å². The summed E-state index contributed by atoms with van der Waals surface area (Å²) in [5.41, 5.74) is -0.382. The van der Waals surface area contributed by atoms with Gasteiger partial charge in [0.15, 0.2) is 5.69 Å². The van der Waals surface area contributed by atoms with Gasteiger partial charge in [0.25, 0.3) is 5.91 Å². The van der Waals surface area contributed by atoms with Crippen LogP contribution in [0.1, 0.15) is 48.5 Å². The van der Waals surface area contributed by atoms with Gasteiger partial charge in [-0.3, -0.25) is 9.59 Å². The molecule has 3 aliphatic rings. The Bertz CT molecular complexity index is 751. The average Bonchev–Trinajstić information content (AvgIpc) is 3.36. The van der Waals surface area contributed by atoms with E-state index in [0.717, 1.165) is 25.5 Å². The highest BCUT2D eigenvalue weighted by molar-refractivity contribution is 5.92. The fourth-order valence-electron chi connectivity index (χ4n) is 4.52. The molecule has 0 radical (unpaired) electrons. The number of carbonyl (C=O) groups excluding carboxylic acids is 2. The molecule has 1 saturated carbocycles. The maximum atomic E-state index is 12.6. The minimum Gasteiger partial charge on any atom is -0.441 e. The second-order valence-corrected chi connectivity index (χ2v) is 7.74. The summed E-state index contributed by atoms with van der Waals surface area (Å²) in [6.45, 7) is 1.23. The Morgan fingerprint density at radius 2 is 2.04 bits per heavy atom. The van der Waals surface area contributed by atoms with E-state index >= 15 is 0 Å². The van der Waals surface area contributed by atoms with Gasteiger partial charge in [-0.15, -0.1) is 0 Å². The summed E-state index contributed by atoms with van der Waals surface area (Å²) in [4.78, 5) is 29.8. The van der Waals surface area contributed by atoms with E-state index in [-0.39, 0.29) is 30.1 Å². The normalized spacial score (nSPS) is 30.3. The molecule has 0 bridgehead atoms. The number of nitrogens with one attached hydrogen (secondary N) is 1. The zero-order valence-electron chi connectivity index (χ0n) is 15.2. The molecule has 1 N–H and O–H groups in total. The number of likely N-dealkylation sites (tertiary alicyclic amines) is 1. The largest absolute Gasteiger partial charge is 0.468 e. The first-order chi connectivity index (χ1) is 13.3. The highest BCUT2D eigenvalue weighted by Crippen LogP contribution is 2.40. The molecule has 2 amide bonds. The number of fused-ring (bicyclic) bond motifs is 1. The third kappa shape index (κ3) is 3.74. The topological polar surface area (TPSA) is 84.7 Å². The van der Waals surface area contributed by atoms with Crippen LogP contribution in [0.5, 0.6) is 0 Å². The fourth-order valence-corrected chi connectivity index (χ4v) is 4.52. The van der Waals surface area contributed by atoms with Gasteiger partial charge in [0.2, 0.25) is 5.91 Å². The SMILES string of the molecule is O=C(N[C@H]1CCCN(C(=O)c2coc(C(F)(F)F)n2)C1)[C@@H]1OC[C@@H]2CCC[C@@H]21. The van der Waals surface area contributed by atoms with Crippen molar-refractivity contribution < 1.29 is 31.9 Å². The van der Waals surface area contributed by atoms with Crippen molar-refractivity contribution in [1.82, 2.24) is 15.2 Å². The molecule has 2 aliphatic heterocycles. The Kier molecular flexibility index (Phi) is 5.07. The van der Waals surface area contributed by atoms with Crippen molar-refractivity contribution >= 4 is 11.8 Å². The Labute approximate surface area is 159 Å². The predicted molar refractivity (Wildman–Crippen MR) is 89.1 cm³/mol. The van der Waals surface area contributed by atoms with Crippen LogP contribution in [0.3, 0.4) is 0 Å². The van der Waals surface area contributed by atoms with Crippen LogP contribution in [0.4, 0.5) is 13.2 Å². The molecule has 2 saturated heterocycles. The molecule has 0 spiro atoms. The average molecular weight is 401 g/mol. The highest BCUT2D eigenvalue weighted by Gasteiger charge is 2.44. The van der Waals surface area contributed by atoms with Gasteiger partial charge in [-0.1, -0.05) is 6.42 Å². The second kappa shape index (κ2) is 7.38. The molecule has 3 fully saturated rings. The fraction of sp³-hybridized carbons (Fsp3) is 0.722. The van der Waals surface area contributed by atoms with Crippen LogP contribution >= 0.6 is 0 Å². The lowest BCUT2D eigenvalue weighted by atomic mass is 9.93. The van der Waals surface area contributed by atoms with Crippen molar-refractivity contribution in [2.24, 2.45) is 11.8 Å². The summed E-state index contributed by atoms with van der Waals surface area (Å²) < 4.78 is 47.9. The lowest BCUT2D eigenvalue weighted by Crippen LogP contribution is -2.52. The third-order valence-electron chi connectivity index (χ3n) is 5.88. The summed E-state index contributed by atoms with van der Waals surface area (Å²) in [5.74, 6) is -1.52. The van der Waals surface area contributed by atoms with Crippen molar-refractivity contribution in [1.29, 1.82) is 0 Å². The number of nitrogens with zero attached hydrogens (tertiary/aromatic N) is 2. The van der Waals surface area contributed by atoms with Gasteiger partial charge in [0.1, 0.15) is 12.4 Å². The van der Waals surface area contributed by atoms with E-state index in [1.165, 1.54) is 4.90 Å². The van der Waals surface area contributed by atoms with Crippen LogP contribution in [-0.2, 0) is 15.7 Å². The Balaban J connectivity index is 1.35. The van der Waals surface area contributed by atoms with Crippen LogP contribution in [0.15, 0.2) is 10.7 Å². The summed E-state index contributed by atoms with van der Waals surface area (Å²) in [6.07, 6.45) is 0.0794. The maximum absolute atomic E-state index is 12.6. The number of ether oxygens (including phenoxy) is 1. The van der Waals surface area contributed by atoms with Gasteiger partial charge in [0.05, 0.1) is 6.61 Å². The first-order valence-corrected chi connectivity index (χ1v) is 9.57. The smallest absolute Gasteiger partial charge is 0.441 e. The second-order valence-electron chi connectivity index (χ2n) is 7.74. The number of carbonyl (C=O) groups is 2. The van der Waals surface area contributed by atoms with Crippen molar-refractivity contribution in [3.05, 3.63) is 17.8 Å². The summed E-state index contributed by atoms with van der Waals surface area (Å²) >= 11 is 0. The van der Waals surface area contributed by atoms with Crippen LogP contribution in [0.25, 0.3) is 0 Å². The van der Waals surface area contributed by atoms with Crippen LogP contribution in [0, 0.1) is 11.8 Å². The zero-order chi connectivity index (χ0) is 19.9. The molecule has 0 aromatic carbocycles. The molecule has 28 heavy (non-hydrogen) atoms. The minimum atomic E-state index is -4.74. The molecular formula is C18H22F3N3O4. The standard InChI is InChI=1S/C18H22F3N3O4/c19-18(20,21)17-23-13(9-28-17)16(26)24-6-2-4-11(7-24)22-15(25)14-12-5-1-3-10(12)8-27-14/h9-12,14H,1-8H2,(H,22,25)/t10-,11-,12-,14+/m0/s1. The van der Waals surface area contributed by atoms with E-state index in [1.807, 2.05) is 0 Å². The number of halogens is 3. The van der Waals surface area contributed by atoms with Crippen LogP contribution in [0.2, 0.25) is 0 Å². The molecule has 1 aliphatic carbocycles. The molecule has 1 aromatic heterocycles. The van der Waals surface area contributed by atoms with Gasteiger partial charge in [-0.2, -0.15) is 13.2 Å². The number of amides is 2. The quantitative estimate of drug-likeness (QED) is 0.840. The summed E-state index contributed by atoms with van der Waals surface area (Å²) in [6, 6.07) is -0.261. The van der Waals surface area contributed by atoms with E-state index in [0.29, 0.717) is 31.9 Å². The van der Waals surface area contributed by atoms with Crippen molar-refractivity contribution in [3.63, 3.8) is 0 Å². The van der Waals surface area contributed by atoms with Crippen molar-refractivity contribution in [2.45, 2.75) is 50.4 Å². The minimum absolute atomic E-state index is 0.158. The van der Waals surface area contributed by atoms with E-state index < -0.39 is 24.1 Å². The van der Waals surface area contributed by atoms with E-state index in [2.05, 4.69) is 14.7 Å². The summed E-state index contributed by atoms with van der Waals surface area (Å²) in [5, 5.41) is 2.96. The number of hydrogen-bond acceptors (Lipinski definition) is 5. The van der Waals surface area contributed by atoms with E-state index in [4.69, 9.17) is 4.74 Å². The number of rotatable bonds is 3. The first kappa shape index (κ1) is 19.2. The lowest BCUT2D eigenvalue weighted by Gasteiger charge is -2.33. The van der Waals surface area contributed by atoms with Crippen molar-refractivity contribution in [2.75, 3.05) is 19.7 Å². The highest BCUT2D eigenvalue weighted by atomic mass is 19.4. The van der Waals surface area contributed by atoms with Crippen LogP contribution < -0.4 is 5.32 Å². The number of aromatic nitrogens is 1. The van der Waals surface area contributed by atoms with Crippen molar-refractivity contribution in [3.8, 4) is 0 Å². The van der Waals surface area contributed by atoms with Gasteiger partial charge in [0, 0.05) is 19.1 Å². The van der Waals surface area contributed by atoms with Gasteiger partial charge >= 0.3 is 12.1 Å². The molecule has 3 heterocycles. The lowest BCUT2D eigenvalue weighted by molar-refractivity contribution is -0.157. The monoisotopic (exact) mass is 401 g/mol. The first-order valence-electron chi connectivity index (χ1n) is 9.57. The summed E-state index contributed by atoms with van der Waals surface area (Å²) in [7, 11) is 0. The zero-order valence-corrected chi connectivity index (χ0v) is 15.2. The number of alkyl halides is 3. The Morgan fingerprint density at radius 1 is 1.21 bits per heavy atom. The molecule has 7 nitrogen and oxygen atoms in total. The maximum Gasteiger partial charge on any atom is 0.468 e. The Hall–Kier alpha value is -2.10. The molecule has 4 atom stereocenters. The predicted octanol–water partition coefficient (Wildman–Crippen LogP) is 2.23. The molecule has 1 aromatic rings.